The van der Waals surface area contributed by atoms with Crippen molar-refractivity contribution >= 4 is 0 Å². The number of aliphatic hydroxyl groups is 3. The monoisotopic (exact) mass is 305 g/mol. The van der Waals surface area contributed by atoms with Crippen molar-refractivity contribution in [1.29, 1.82) is 0 Å². The predicted molar refractivity (Wildman–Crippen MR) is 84.4 cm³/mol. The summed E-state index contributed by atoms with van der Waals surface area (Å²) in [5.41, 5.74) is 2.09. The molecule has 0 radical (unpaired) electrons. The molecule has 4 heteroatoms. The quantitative estimate of drug-likeness (QED) is 0.641. The van der Waals surface area contributed by atoms with E-state index in [1.54, 1.807) is 0 Å². The Morgan fingerprint density at radius 3 is 2.91 bits per heavy atom. The van der Waals surface area contributed by atoms with E-state index in [2.05, 4.69) is 18.0 Å². The summed E-state index contributed by atoms with van der Waals surface area (Å²) in [5, 5.41) is 31.3. The molecule has 4 rings (SSSR count). The highest BCUT2D eigenvalue weighted by molar-refractivity contribution is 5.47. The van der Waals surface area contributed by atoms with E-state index in [4.69, 9.17) is 0 Å². The van der Waals surface area contributed by atoms with Crippen LogP contribution < -0.4 is 0 Å². The summed E-state index contributed by atoms with van der Waals surface area (Å²) in [4.78, 5) is 2.47. The highest BCUT2D eigenvalue weighted by Crippen LogP contribution is 2.60. The Bertz CT molecular complexity index is 540. The molecule has 0 aromatic carbocycles. The molecule has 122 valence electrons. The normalized spacial score (nSPS) is 45.7. The average Bonchev–Trinajstić information content (AvgIpc) is 2.66. The van der Waals surface area contributed by atoms with Crippen LogP contribution in [0.2, 0.25) is 0 Å². The van der Waals surface area contributed by atoms with E-state index in [9.17, 15) is 15.3 Å². The van der Waals surface area contributed by atoms with Gasteiger partial charge in [0.05, 0.1) is 6.10 Å². The van der Waals surface area contributed by atoms with Gasteiger partial charge < -0.3 is 20.2 Å². The number of hydrogen-bond donors (Lipinski definition) is 3. The van der Waals surface area contributed by atoms with E-state index in [0.29, 0.717) is 18.4 Å². The van der Waals surface area contributed by atoms with Crippen LogP contribution in [0.15, 0.2) is 23.0 Å². The van der Waals surface area contributed by atoms with Crippen LogP contribution in [-0.2, 0) is 0 Å². The van der Waals surface area contributed by atoms with Crippen LogP contribution in [0.3, 0.4) is 0 Å². The number of likely N-dealkylation sites (tertiary alicyclic amines) is 1. The Kier molecular flexibility index (Phi) is 3.40. The molecule has 0 aromatic heterocycles. The third-order valence-corrected chi connectivity index (χ3v) is 6.71. The summed E-state index contributed by atoms with van der Waals surface area (Å²) >= 11 is 0. The standard InChI is InChI=1S/C18H27NO3/c1-19-8-7-18-10-12(20)3-2-4-13(18)14(19)9-11-5-6-15(21)17(22)16(11)18/h5,12-15,20-22H,2-4,6-10H2,1H3. The number of allylic oxidation sites excluding steroid dienone is 1. The zero-order valence-electron chi connectivity index (χ0n) is 13.3. The molecule has 3 N–H and O–H groups in total. The number of rotatable bonds is 0. The van der Waals surface area contributed by atoms with Gasteiger partial charge in [-0.05, 0) is 63.6 Å². The van der Waals surface area contributed by atoms with Crippen molar-refractivity contribution in [2.45, 2.75) is 63.2 Å². The molecular weight excluding hydrogens is 278 g/mol. The maximum atomic E-state index is 10.7. The van der Waals surface area contributed by atoms with Gasteiger partial charge in [-0.3, -0.25) is 0 Å². The minimum absolute atomic E-state index is 0.136. The van der Waals surface area contributed by atoms with E-state index >= 15 is 0 Å². The van der Waals surface area contributed by atoms with Crippen LogP contribution in [0.4, 0.5) is 0 Å². The molecule has 2 bridgehead atoms. The van der Waals surface area contributed by atoms with Crippen molar-refractivity contribution in [2.75, 3.05) is 13.6 Å². The van der Waals surface area contributed by atoms with Gasteiger partial charge in [0.2, 0.25) is 0 Å². The molecule has 5 atom stereocenters. The third-order valence-electron chi connectivity index (χ3n) is 6.71. The fourth-order valence-electron chi connectivity index (χ4n) is 5.72. The van der Waals surface area contributed by atoms with Crippen LogP contribution >= 0.6 is 0 Å². The molecule has 4 aliphatic rings. The number of nitrogens with zero attached hydrogens (tertiary/aromatic N) is 1. The van der Waals surface area contributed by atoms with Crippen molar-refractivity contribution < 1.29 is 15.3 Å². The van der Waals surface area contributed by atoms with Gasteiger partial charge in [-0.25, -0.2) is 0 Å². The summed E-state index contributed by atoms with van der Waals surface area (Å²) < 4.78 is 0. The first-order valence-electron chi connectivity index (χ1n) is 8.72. The number of aliphatic hydroxyl groups excluding tert-OH is 3. The van der Waals surface area contributed by atoms with Gasteiger partial charge in [-0.15, -0.1) is 0 Å². The smallest absolute Gasteiger partial charge is 0.125 e. The molecule has 0 amide bonds. The molecular formula is C18H27NO3. The maximum absolute atomic E-state index is 10.7. The summed E-state index contributed by atoms with van der Waals surface area (Å²) in [6, 6.07) is 0.511. The second-order valence-electron chi connectivity index (χ2n) is 7.79. The topological polar surface area (TPSA) is 63.9 Å². The van der Waals surface area contributed by atoms with Crippen LogP contribution in [0.1, 0.15) is 44.9 Å². The van der Waals surface area contributed by atoms with Crippen LogP contribution in [0, 0.1) is 11.3 Å². The number of piperidine rings is 1. The van der Waals surface area contributed by atoms with Crippen molar-refractivity contribution in [3.05, 3.63) is 23.0 Å². The Morgan fingerprint density at radius 1 is 1.27 bits per heavy atom. The SMILES string of the molecule is CN1CCC23CC(O)CCCC2C1CC1=CCC(O)C(O)=C13. The zero-order chi connectivity index (χ0) is 15.5. The minimum atomic E-state index is -0.759. The Morgan fingerprint density at radius 2 is 2.09 bits per heavy atom. The maximum Gasteiger partial charge on any atom is 0.125 e. The second-order valence-corrected chi connectivity index (χ2v) is 7.79. The highest BCUT2D eigenvalue weighted by Gasteiger charge is 2.56. The lowest BCUT2D eigenvalue weighted by atomic mass is 9.52. The van der Waals surface area contributed by atoms with Crippen molar-refractivity contribution in [1.82, 2.24) is 4.90 Å². The first kappa shape index (κ1) is 14.7. The molecule has 0 spiro atoms. The second kappa shape index (κ2) is 5.08. The van der Waals surface area contributed by atoms with E-state index in [1.807, 2.05) is 0 Å². The van der Waals surface area contributed by atoms with E-state index in [-0.39, 0.29) is 17.3 Å². The lowest BCUT2D eigenvalue weighted by Gasteiger charge is -2.58. The zero-order valence-corrected chi connectivity index (χ0v) is 13.3. The Labute approximate surface area is 132 Å². The van der Waals surface area contributed by atoms with Gasteiger partial charge >= 0.3 is 0 Å². The van der Waals surface area contributed by atoms with Crippen LogP contribution in [0.5, 0.6) is 0 Å². The number of fused-ring (bicyclic) bond motifs is 1. The molecule has 22 heavy (non-hydrogen) atoms. The molecule has 4 nitrogen and oxygen atoms in total. The third kappa shape index (κ3) is 1.93. The first-order chi connectivity index (χ1) is 10.5. The van der Waals surface area contributed by atoms with Crippen LogP contribution in [0.25, 0.3) is 0 Å². The van der Waals surface area contributed by atoms with E-state index in [1.165, 1.54) is 5.57 Å². The van der Waals surface area contributed by atoms with Crippen molar-refractivity contribution in [3.8, 4) is 0 Å². The molecule has 5 unspecified atom stereocenters. The molecule has 3 fully saturated rings. The van der Waals surface area contributed by atoms with Gasteiger partial charge in [-0.2, -0.15) is 0 Å². The van der Waals surface area contributed by atoms with Crippen molar-refractivity contribution in [2.24, 2.45) is 11.3 Å². The molecule has 3 aliphatic carbocycles. The fourth-order valence-corrected chi connectivity index (χ4v) is 5.72. The van der Waals surface area contributed by atoms with Gasteiger partial charge in [0.15, 0.2) is 0 Å². The van der Waals surface area contributed by atoms with Crippen LogP contribution in [-0.4, -0.2) is 52.1 Å². The van der Waals surface area contributed by atoms with Gasteiger partial charge in [0, 0.05) is 17.0 Å². The average molecular weight is 305 g/mol. The number of hydrogen-bond acceptors (Lipinski definition) is 4. The predicted octanol–water partition coefficient (Wildman–Crippen LogP) is 2.13. The lowest BCUT2D eigenvalue weighted by molar-refractivity contribution is -0.0238. The van der Waals surface area contributed by atoms with E-state index in [0.717, 1.165) is 50.6 Å². The molecule has 2 saturated carbocycles. The highest BCUT2D eigenvalue weighted by atomic mass is 16.3. The molecule has 1 aliphatic heterocycles. The summed E-state index contributed by atoms with van der Waals surface area (Å²) in [5.74, 6) is 0.683. The molecule has 1 saturated heterocycles. The summed E-state index contributed by atoms with van der Waals surface area (Å²) in [7, 11) is 2.21. The first-order valence-corrected chi connectivity index (χ1v) is 8.72. The van der Waals surface area contributed by atoms with Gasteiger partial charge in [0.25, 0.3) is 0 Å². The Balaban J connectivity index is 1.88. The largest absolute Gasteiger partial charge is 0.509 e. The minimum Gasteiger partial charge on any atom is -0.509 e. The summed E-state index contributed by atoms with van der Waals surface area (Å²) in [6.07, 6.45) is 7.34. The molecule has 0 aromatic rings. The summed E-state index contributed by atoms with van der Waals surface area (Å²) in [6.45, 7) is 1.01. The van der Waals surface area contributed by atoms with Gasteiger partial charge in [0.1, 0.15) is 11.9 Å². The fraction of sp³-hybridized carbons (Fsp3) is 0.778. The lowest BCUT2D eigenvalue weighted by Crippen LogP contribution is -2.58. The van der Waals surface area contributed by atoms with Gasteiger partial charge in [-0.1, -0.05) is 12.5 Å². The van der Waals surface area contributed by atoms with E-state index < -0.39 is 6.10 Å². The molecule has 1 heterocycles. The van der Waals surface area contributed by atoms with Crippen molar-refractivity contribution in [3.63, 3.8) is 0 Å². The Hall–Kier alpha value is -0.840.